The molecule has 0 spiro atoms. The van der Waals surface area contributed by atoms with Crippen LogP contribution in [-0.2, 0) is 13.5 Å². The van der Waals surface area contributed by atoms with E-state index in [1.807, 2.05) is 13.8 Å². The lowest BCUT2D eigenvalue weighted by atomic mass is 10.1. The Bertz CT molecular complexity index is 317. The number of aryl methyl sites for hydroxylation is 1. The molecule has 1 rings (SSSR count). The molecule has 0 unspecified atom stereocenters. The summed E-state index contributed by atoms with van der Waals surface area (Å²) in [6, 6.07) is 0. The predicted octanol–water partition coefficient (Wildman–Crippen LogP) is 0.712. The zero-order chi connectivity index (χ0) is 10.0. The molecule has 1 N–H and O–H groups in total. The third kappa shape index (κ3) is 2.27. The minimum Gasteiger partial charge on any atom is -0.476 e. The van der Waals surface area contributed by atoms with Gasteiger partial charge in [-0.3, -0.25) is 0 Å². The SMILES string of the molecule is CC(C)Cc1nn(C)nc1C(=O)O. The van der Waals surface area contributed by atoms with E-state index in [1.165, 1.54) is 4.80 Å². The molecule has 0 aliphatic heterocycles. The molecule has 0 aliphatic carbocycles. The Labute approximate surface area is 76.4 Å². The quantitative estimate of drug-likeness (QED) is 0.749. The van der Waals surface area contributed by atoms with Crippen LogP contribution in [0.3, 0.4) is 0 Å². The molecule has 0 bridgehead atoms. The van der Waals surface area contributed by atoms with Crippen LogP contribution in [0.5, 0.6) is 0 Å². The maximum absolute atomic E-state index is 10.7. The molecular formula is C8H13N3O2. The number of carboxylic acid groups (broad SMARTS) is 1. The molecule has 72 valence electrons. The maximum atomic E-state index is 10.7. The van der Waals surface area contributed by atoms with E-state index >= 15 is 0 Å². The second-order valence-corrected chi connectivity index (χ2v) is 3.39. The molecule has 0 radical (unpaired) electrons. The van der Waals surface area contributed by atoms with Gasteiger partial charge in [-0.15, -0.1) is 5.10 Å². The van der Waals surface area contributed by atoms with Crippen LogP contribution in [0.4, 0.5) is 0 Å². The van der Waals surface area contributed by atoms with Crippen LogP contribution < -0.4 is 0 Å². The molecule has 0 atom stereocenters. The van der Waals surface area contributed by atoms with E-state index in [4.69, 9.17) is 5.11 Å². The number of rotatable bonds is 3. The molecule has 1 heterocycles. The van der Waals surface area contributed by atoms with Gasteiger partial charge in [0.2, 0.25) is 0 Å². The fourth-order valence-corrected chi connectivity index (χ4v) is 1.14. The smallest absolute Gasteiger partial charge is 0.358 e. The average Bonchev–Trinajstić information content (AvgIpc) is 2.29. The van der Waals surface area contributed by atoms with Gasteiger partial charge in [-0.1, -0.05) is 13.8 Å². The fraction of sp³-hybridized carbons (Fsp3) is 0.625. The summed E-state index contributed by atoms with van der Waals surface area (Å²) in [4.78, 5) is 12.0. The Morgan fingerprint density at radius 2 is 2.15 bits per heavy atom. The van der Waals surface area contributed by atoms with Gasteiger partial charge in [0.25, 0.3) is 0 Å². The Morgan fingerprint density at radius 1 is 1.54 bits per heavy atom. The summed E-state index contributed by atoms with van der Waals surface area (Å²) >= 11 is 0. The maximum Gasteiger partial charge on any atom is 0.358 e. The van der Waals surface area contributed by atoms with E-state index in [0.717, 1.165) is 0 Å². The number of aromatic carboxylic acids is 1. The predicted molar refractivity (Wildman–Crippen MR) is 46.5 cm³/mol. The van der Waals surface area contributed by atoms with E-state index in [2.05, 4.69) is 10.2 Å². The second kappa shape index (κ2) is 3.55. The molecule has 0 saturated heterocycles. The van der Waals surface area contributed by atoms with Gasteiger partial charge in [-0.25, -0.2) is 4.79 Å². The standard InChI is InChI=1S/C8H13N3O2/c1-5(2)4-6-7(8(12)13)10-11(3)9-6/h5H,4H2,1-3H3,(H,12,13). The lowest BCUT2D eigenvalue weighted by Gasteiger charge is -1.99. The number of aromatic nitrogens is 3. The summed E-state index contributed by atoms with van der Waals surface area (Å²) in [6.07, 6.45) is 0.648. The third-order valence-corrected chi connectivity index (χ3v) is 1.59. The van der Waals surface area contributed by atoms with E-state index in [0.29, 0.717) is 18.0 Å². The molecule has 13 heavy (non-hydrogen) atoms. The first kappa shape index (κ1) is 9.70. The van der Waals surface area contributed by atoms with Gasteiger partial charge < -0.3 is 5.11 Å². The zero-order valence-corrected chi connectivity index (χ0v) is 7.98. The van der Waals surface area contributed by atoms with Gasteiger partial charge >= 0.3 is 5.97 Å². The molecule has 0 amide bonds. The third-order valence-electron chi connectivity index (χ3n) is 1.59. The highest BCUT2D eigenvalue weighted by Gasteiger charge is 2.16. The highest BCUT2D eigenvalue weighted by Crippen LogP contribution is 2.08. The number of hydrogen-bond acceptors (Lipinski definition) is 3. The molecule has 0 aliphatic rings. The summed E-state index contributed by atoms with van der Waals surface area (Å²) in [5, 5.41) is 16.5. The van der Waals surface area contributed by atoms with Crippen LogP contribution in [0.2, 0.25) is 0 Å². The highest BCUT2D eigenvalue weighted by molar-refractivity contribution is 5.86. The van der Waals surface area contributed by atoms with Crippen molar-refractivity contribution in [3.63, 3.8) is 0 Å². The Hall–Kier alpha value is -1.39. The number of hydrogen-bond donors (Lipinski definition) is 1. The van der Waals surface area contributed by atoms with E-state index in [1.54, 1.807) is 7.05 Å². The van der Waals surface area contributed by atoms with Gasteiger partial charge in [0.1, 0.15) is 0 Å². The highest BCUT2D eigenvalue weighted by atomic mass is 16.4. The first-order valence-corrected chi connectivity index (χ1v) is 4.14. The molecule has 0 saturated carbocycles. The summed E-state index contributed by atoms with van der Waals surface area (Å²) in [7, 11) is 1.62. The van der Waals surface area contributed by atoms with Crippen molar-refractivity contribution in [3.05, 3.63) is 11.4 Å². The lowest BCUT2D eigenvalue weighted by molar-refractivity contribution is 0.0688. The average molecular weight is 183 g/mol. The van der Waals surface area contributed by atoms with Crippen LogP contribution in [-0.4, -0.2) is 26.1 Å². The summed E-state index contributed by atoms with van der Waals surface area (Å²) in [6.45, 7) is 4.03. The molecule has 5 nitrogen and oxygen atoms in total. The van der Waals surface area contributed by atoms with Gasteiger partial charge in [-0.2, -0.15) is 9.90 Å². The topological polar surface area (TPSA) is 68.0 Å². The largest absolute Gasteiger partial charge is 0.476 e. The lowest BCUT2D eigenvalue weighted by Crippen LogP contribution is -2.04. The van der Waals surface area contributed by atoms with Crippen molar-refractivity contribution in [2.24, 2.45) is 13.0 Å². The van der Waals surface area contributed by atoms with Crippen LogP contribution in [0, 0.1) is 5.92 Å². The minimum atomic E-state index is -1.01. The van der Waals surface area contributed by atoms with Crippen molar-refractivity contribution >= 4 is 5.97 Å². The van der Waals surface area contributed by atoms with Gasteiger partial charge in [-0.05, 0) is 12.3 Å². The van der Waals surface area contributed by atoms with Crippen molar-refractivity contribution in [2.45, 2.75) is 20.3 Å². The molecule has 0 fully saturated rings. The Kier molecular flexibility index (Phi) is 2.65. The molecular weight excluding hydrogens is 170 g/mol. The summed E-state index contributed by atoms with van der Waals surface area (Å²) in [5.74, 6) is -0.626. The Balaban J connectivity index is 2.97. The van der Waals surface area contributed by atoms with Crippen molar-refractivity contribution in [1.82, 2.24) is 15.0 Å². The van der Waals surface area contributed by atoms with Crippen LogP contribution >= 0.6 is 0 Å². The summed E-state index contributed by atoms with van der Waals surface area (Å²) < 4.78 is 0. The van der Waals surface area contributed by atoms with Gasteiger partial charge in [0, 0.05) is 7.05 Å². The Morgan fingerprint density at radius 3 is 2.62 bits per heavy atom. The summed E-state index contributed by atoms with van der Waals surface area (Å²) in [5.41, 5.74) is 0.626. The molecule has 1 aromatic heterocycles. The number of carboxylic acids is 1. The molecule has 0 aromatic carbocycles. The van der Waals surface area contributed by atoms with Crippen molar-refractivity contribution < 1.29 is 9.90 Å². The van der Waals surface area contributed by atoms with Crippen LogP contribution in [0.1, 0.15) is 30.0 Å². The van der Waals surface area contributed by atoms with E-state index < -0.39 is 5.97 Å². The first-order chi connectivity index (χ1) is 6.00. The second-order valence-electron chi connectivity index (χ2n) is 3.39. The minimum absolute atomic E-state index is 0.0659. The number of nitrogens with zero attached hydrogens (tertiary/aromatic N) is 3. The molecule has 1 aromatic rings. The van der Waals surface area contributed by atoms with Crippen molar-refractivity contribution in [2.75, 3.05) is 0 Å². The van der Waals surface area contributed by atoms with Crippen LogP contribution in [0.25, 0.3) is 0 Å². The fourth-order valence-electron chi connectivity index (χ4n) is 1.14. The van der Waals surface area contributed by atoms with E-state index in [-0.39, 0.29) is 5.69 Å². The number of carbonyl (C=O) groups is 1. The zero-order valence-electron chi connectivity index (χ0n) is 7.98. The molecule has 5 heteroatoms. The van der Waals surface area contributed by atoms with Gasteiger partial charge in [0.15, 0.2) is 5.69 Å². The van der Waals surface area contributed by atoms with Crippen LogP contribution in [0.15, 0.2) is 0 Å². The normalized spacial score (nSPS) is 10.8. The van der Waals surface area contributed by atoms with Crippen molar-refractivity contribution in [3.8, 4) is 0 Å². The first-order valence-electron chi connectivity index (χ1n) is 4.14. The van der Waals surface area contributed by atoms with Crippen molar-refractivity contribution in [1.29, 1.82) is 0 Å². The van der Waals surface area contributed by atoms with E-state index in [9.17, 15) is 4.79 Å². The monoisotopic (exact) mass is 183 g/mol. The van der Waals surface area contributed by atoms with Gasteiger partial charge in [0.05, 0.1) is 5.69 Å².